The molecule has 0 heterocycles. The second kappa shape index (κ2) is 6.23. The first-order valence-corrected chi connectivity index (χ1v) is 5.44. The number of rotatable bonds is 5. The Morgan fingerprint density at radius 3 is 2.75 bits per heavy atom. The number of carbonyl (C=O) groups excluding carboxylic acids is 1. The van der Waals surface area contributed by atoms with Gasteiger partial charge in [0.1, 0.15) is 5.82 Å². The minimum absolute atomic E-state index is 0.210. The van der Waals surface area contributed by atoms with Gasteiger partial charge in [0, 0.05) is 6.54 Å². The summed E-state index contributed by atoms with van der Waals surface area (Å²) >= 11 is 0. The van der Waals surface area contributed by atoms with E-state index in [1.54, 1.807) is 12.1 Å². The molecule has 0 aliphatic heterocycles. The second-order valence-corrected chi connectivity index (χ2v) is 3.69. The molecule has 0 bridgehead atoms. The number of hydrogen-bond donors (Lipinski definition) is 2. The molecule has 1 amide bonds. The predicted octanol–water partition coefficient (Wildman–Crippen LogP) is 2.14. The molecule has 1 aromatic rings. The molecule has 88 valence electrons. The van der Waals surface area contributed by atoms with Gasteiger partial charge in [-0.25, -0.2) is 4.39 Å². The molecular weight excluding hydrogens is 207 g/mol. The van der Waals surface area contributed by atoms with Crippen LogP contribution >= 0.6 is 0 Å². The fourth-order valence-corrected chi connectivity index (χ4v) is 1.50. The maximum absolute atomic E-state index is 13.3. The fraction of sp³-hybridized carbons (Fsp3) is 0.417. The van der Waals surface area contributed by atoms with Crippen molar-refractivity contribution in [1.82, 2.24) is 0 Å². The lowest BCUT2D eigenvalue weighted by molar-refractivity contribution is -0.119. The van der Waals surface area contributed by atoms with Gasteiger partial charge in [0.25, 0.3) is 0 Å². The summed E-state index contributed by atoms with van der Waals surface area (Å²) in [6.07, 6.45) is 1.60. The molecule has 0 saturated carbocycles. The Kier molecular flexibility index (Phi) is 4.92. The van der Waals surface area contributed by atoms with E-state index in [4.69, 9.17) is 5.73 Å². The maximum atomic E-state index is 13.3. The van der Waals surface area contributed by atoms with Crippen molar-refractivity contribution in [2.24, 2.45) is 11.7 Å². The highest BCUT2D eigenvalue weighted by Gasteiger charge is 2.16. The van der Waals surface area contributed by atoms with Gasteiger partial charge in [-0.05, 0) is 18.6 Å². The molecule has 0 aromatic heterocycles. The van der Waals surface area contributed by atoms with Crippen LogP contribution in [0.3, 0.4) is 0 Å². The van der Waals surface area contributed by atoms with Crippen LogP contribution in [0.25, 0.3) is 0 Å². The van der Waals surface area contributed by atoms with Gasteiger partial charge in [-0.1, -0.05) is 25.5 Å². The summed E-state index contributed by atoms with van der Waals surface area (Å²) in [6.45, 7) is 2.27. The van der Waals surface area contributed by atoms with Gasteiger partial charge in [0.05, 0.1) is 11.6 Å². The van der Waals surface area contributed by atoms with Crippen molar-refractivity contribution in [1.29, 1.82) is 0 Å². The topological polar surface area (TPSA) is 55.1 Å². The van der Waals surface area contributed by atoms with E-state index in [9.17, 15) is 9.18 Å². The number of halogens is 1. The third-order valence-electron chi connectivity index (χ3n) is 2.42. The zero-order chi connectivity index (χ0) is 12.0. The summed E-state index contributed by atoms with van der Waals surface area (Å²) in [4.78, 5) is 11.7. The van der Waals surface area contributed by atoms with E-state index in [1.165, 1.54) is 12.1 Å². The third kappa shape index (κ3) is 3.31. The van der Waals surface area contributed by atoms with Crippen LogP contribution < -0.4 is 11.1 Å². The van der Waals surface area contributed by atoms with Gasteiger partial charge >= 0.3 is 0 Å². The standard InChI is InChI=1S/C12H17FN2O/c1-2-5-9(8-14)12(16)15-11-7-4-3-6-10(11)13/h3-4,6-7,9H,2,5,8,14H2,1H3,(H,15,16). The van der Waals surface area contributed by atoms with E-state index in [2.05, 4.69) is 5.32 Å². The Bertz CT molecular complexity index is 355. The van der Waals surface area contributed by atoms with E-state index in [-0.39, 0.29) is 24.1 Å². The highest BCUT2D eigenvalue weighted by molar-refractivity contribution is 5.92. The second-order valence-electron chi connectivity index (χ2n) is 3.69. The largest absolute Gasteiger partial charge is 0.330 e. The minimum Gasteiger partial charge on any atom is -0.330 e. The molecule has 0 aliphatic carbocycles. The quantitative estimate of drug-likeness (QED) is 0.805. The Hall–Kier alpha value is -1.42. The minimum atomic E-state index is -0.428. The lowest BCUT2D eigenvalue weighted by Crippen LogP contribution is -2.29. The molecule has 0 radical (unpaired) electrons. The summed E-state index contributed by atoms with van der Waals surface area (Å²) in [7, 11) is 0. The van der Waals surface area contributed by atoms with Crippen molar-refractivity contribution >= 4 is 11.6 Å². The van der Waals surface area contributed by atoms with Crippen molar-refractivity contribution < 1.29 is 9.18 Å². The Morgan fingerprint density at radius 2 is 2.19 bits per heavy atom. The van der Waals surface area contributed by atoms with Crippen LogP contribution in [-0.2, 0) is 4.79 Å². The predicted molar refractivity (Wildman–Crippen MR) is 62.5 cm³/mol. The average Bonchev–Trinajstić information content (AvgIpc) is 2.29. The summed E-state index contributed by atoms with van der Waals surface area (Å²) in [5, 5.41) is 2.55. The lowest BCUT2D eigenvalue weighted by atomic mass is 10.0. The van der Waals surface area contributed by atoms with Gasteiger partial charge in [-0.15, -0.1) is 0 Å². The van der Waals surface area contributed by atoms with Crippen LogP contribution in [0, 0.1) is 11.7 Å². The van der Waals surface area contributed by atoms with Gasteiger partial charge < -0.3 is 11.1 Å². The number of amides is 1. The van der Waals surface area contributed by atoms with Gasteiger partial charge in [0.2, 0.25) is 5.91 Å². The normalized spacial score (nSPS) is 12.2. The summed E-state index contributed by atoms with van der Waals surface area (Å²) in [5.41, 5.74) is 5.71. The van der Waals surface area contributed by atoms with Gasteiger partial charge in [-0.2, -0.15) is 0 Å². The number of hydrogen-bond acceptors (Lipinski definition) is 2. The smallest absolute Gasteiger partial charge is 0.228 e. The van der Waals surface area contributed by atoms with Crippen LogP contribution in [0.15, 0.2) is 24.3 Å². The zero-order valence-electron chi connectivity index (χ0n) is 9.37. The summed E-state index contributed by atoms with van der Waals surface area (Å²) < 4.78 is 13.3. The van der Waals surface area contributed by atoms with Crippen LogP contribution in [0.4, 0.5) is 10.1 Å². The molecule has 0 spiro atoms. The number of anilines is 1. The van der Waals surface area contributed by atoms with Gasteiger partial charge in [-0.3, -0.25) is 4.79 Å². The molecule has 3 nitrogen and oxygen atoms in total. The molecule has 0 saturated heterocycles. The number of benzene rings is 1. The highest BCUT2D eigenvalue weighted by atomic mass is 19.1. The van der Waals surface area contributed by atoms with E-state index in [0.717, 1.165) is 12.8 Å². The lowest BCUT2D eigenvalue weighted by Gasteiger charge is -2.14. The fourth-order valence-electron chi connectivity index (χ4n) is 1.50. The number of nitrogens with two attached hydrogens (primary N) is 1. The monoisotopic (exact) mass is 224 g/mol. The first-order valence-electron chi connectivity index (χ1n) is 5.44. The summed E-state index contributed by atoms with van der Waals surface area (Å²) in [5.74, 6) is -0.887. The number of para-hydroxylation sites is 1. The SMILES string of the molecule is CCCC(CN)C(=O)Nc1ccccc1F. The Labute approximate surface area is 94.8 Å². The van der Waals surface area contributed by atoms with E-state index < -0.39 is 5.82 Å². The van der Waals surface area contributed by atoms with Crippen LogP contribution in [0.2, 0.25) is 0 Å². The average molecular weight is 224 g/mol. The molecule has 16 heavy (non-hydrogen) atoms. The Morgan fingerprint density at radius 1 is 1.50 bits per heavy atom. The molecule has 1 aromatic carbocycles. The molecule has 1 rings (SSSR count). The first-order chi connectivity index (χ1) is 7.69. The zero-order valence-corrected chi connectivity index (χ0v) is 9.37. The van der Waals surface area contributed by atoms with E-state index in [0.29, 0.717) is 0 Å². The van der Waals surface area contributed by atoms with Crippen LogP contribution in [0.5, 0.6) is 0 Å². The number of nitrogens with one attached hydrogen (secondary N) is 1. The van der Waals surface area contributed by atoms with Crippen molar-refractivity contribution in [3.63, 3.8) is 0 Å². The molecule has 0 aliphatic rings. The highest BCUT2D eigenvalue weighted by Crippen LogP contribution is 2.15. The molecule has 1 unspecified atom stereocenters. The molecule has 0 fully saturated rings. The van der Waals surface area contributed by atoms with Crippen LogP contribution in [-0.4, -0.2) is 12.5 Å². The van der Waals surface area contributed by atoms with Crippen molar-refractivity contribution in [3.05, 3.63) is 30.1 Å². The van der Waals surface area contributed by atoms with E-state index >= 15 is 0 Å². The first kappa shape index (κ1) is 12.6. The van der Waals surface area contributed by atoms with Crippen LogP contribution in [0.1, 0.15) is 19.8 Å². The number of carbonyl (C=O) groups is 1. The van der Waals surface area contributed by atoms with Crippen molar-refractivity contribution in [2.45, 2.75) is 19.8 Å². The van der Waals surface area contributed by atoms with Crippen molar-refractivity contribution in [2.75, 3.05) is 11.9 Å². The summed E-state index contributed by atoms with van der Waals surface area (Å²) in [6, 6.07) is 6.10. The molecule has 1 atom stereocenters. The van der Waals surface area contributed by atoms with E-state index in [1.807, 2.05) is 6.92 Å². The Balaban J connectivity index is 2.66. The third-order valence-corrected chi connectivity index (χ3v) is 2.42. The van der Waals surface area contributed by atoms with Crippen molar-refractivity contribution in [3.8, 4) is 0 Å². The molecular formula is C12H17FN2O. The molecule has 4 heteroatoms. The maximum Gasteiger partial charge on any atom is 0.228 e. The molecule has 3 N–H and O–H groups in total. The van der Waals surface area contributed by atoms with Gasteiger partial charge in [0.15, 0.2) is 0 Å².